The number of rotatable bonds is 0. The van der Waals surface area contributed by atoms with Gasteiger partial charge in [-0.25, -0.2) is 0 Å². The summed E-state index contributed by atoms with van der Waals surface area (Å²) in [5, 5.41) is 10.8. The second-order valence-corrected chi connectivity index (χ2v) is 5.38. The highest BCUT2D eigenvalue weighted by atomic mass is 16.4. The van der Waals surface area contributed by atoms with Gasteiger partial charge in [0.15, 0.2) is 10.8 Å². The van der Waals surface area contributed by atoms with Crippen molar-refractivity contribution in [3.8, 4) is 0 Å². The summed E-state index contributed by atoms with van der Waals surface area (Å²) in [7, 11) is 0. The number of fused-ring (bicyclic) bond motifs is 5. The van der Waals surface area contributed by atoms with Crippen LogP contribution in [-0.2, 0) is 0 Å². The fourth-order valence-corrected chi connectivity index (χ4v) is 3.71. The molecule has 1 nitrogen and oxygen atoms in total. The summed E-state index contributed by atoms with van der Waals surface area (Å²) in [6, 6.07) is 17.6. The highest BCUT2D eigenvalue weighted by molar-refractivity contribution is 6.35. The fourth-order valence-electron chi connectivity index (χ4n) is 3.71. The van der Waals surface area contributed by atoms with Crippen molar-refractivity contribution in [2.45, 2.75) is 0 Å². The van der Waals surface area contributed by atoms with Gasteiger partial charge in [-0.05, 0) is 39.1 Å². The third kappa shape index (κ3) is 0.766. The van der Waals surface area contributed by atoms with Gasteiger partial charge in [-0.15, -0.1) is 0 Å². The minimum absolute atomic E-state index is 1.09. The van der Waals surface area contributed by atoms with Crippen molar-refractivity contribution < 1.29 is 4.42 Å². The van der Waals surface area contributed by atoms with E-state index < -0.39 is 0 Å². The van der Waals surface area contributed by atoms with Crippen molar-refractivity contribution in [3.63, 3.8) is 0 Å². The molecule has 1 aliphatic carbocycles. The molecule has 1 aliphatic heterocycles. The lowest BCUT2D eigenvalue weighted by atomic mass is 10.0. The molecule has 1 heteroatoms. The van der Waals surface area contributed by atoms with E-state index in [1.54, 1.807) is 0 Å². The van der Waals surface area contributed by atoms with Gasteiger partial charge in [-0.1, -0.05) is 36.4 Å². The first-order valence-corrected chi connectivity index (χ1v) is 6.56. The molecule has 0 N–H and O–H groups in total. The Morgan fingerprint density at radius 1 is 0.474 bits per heavy atom. The predicted octanol–water partition coefficient (Wildman–Crippen LogP) is 4.93. The van der Waals surface area contributed by atoms with Gasteiger partial charge in [0.2, 0.25) is 0 Å². The highest BCUT2D eigenvalue weighted by Crippen LogP contribution is 2.44. The second-order valence-electron chi connectivity index (χ2n) is 5.38. The summed E-state index contributed by atoms with van der Waals surface area (Å²) in [6.45, 7) is 0. The molecule has 0 atom stereocenters. The summed E-state index contributed by atoms with van der Waals surface area (Å²) in [4.78, 5) is 0. The van der Waals surface area contributed by atoms with Crippen LogP contribution in [-0.4, -0.2) is 0 Å². The summed E-state index contributed by atoms with van der Waals surface area (Å²) in [5.41, 5.74) is 2.18. The molecule has 4 aromatic carbocycles. The van der Waals surface area contributed by atoms with E-state index in [1.807, 2.05) is 0 Å². The van der Waals surface area contributed by atoms with Gasteiger partial charge < -0.3 is 4.42 Å². The van der Waals surface area contributed by atoms with Crippen molar-refractivity contribution in [2.75, 3.05) is 0 Å². The Hall–Kier alpha value is -2.54. The Morgan fingerprint density at radius 3 is 1.53 bits per heavy atom. The minimum atomic E-state index is 1.09. The third-order valence-corrected chi connectivity index (χ3v) is 4.53. The van der Waals surface area contributed by atoms with E-state index in [0.29, 0.717) is 0 Å². The largest absolute Gasteiger partial charge is 0.448 e. The molecule has 1 heterocycles. The van der Waals surface area contributed by atoms with Crippen molar-refractivity contribution in [1.29, 1.82) is 0 Å². The molecule has 2 aliphatic rings. The van der Waals surface area contributed by atoms with Crippen LogP contribution >= 0.6 is 0 Å². The van der Waals surface area contributed by atoms with Crippen LogP contribution < -0.4 is 0 Å². The van der Waals surface area contributed by atoms with Crippen LogP contribution in [0.5, 0.6) is 0 Å². The molecule has 0 saturated heterocycles. The van der Waals surface area contributed by atoms with Crippen molar-refractivity contribution in [1.82, 2.24) is 0 Å². The molecule has 0 bridgehead atoms. The van der Waals surface area contributed by atoms with E-state index in [-0.39, 0.29) is 0 Å². The molecule has 0 amide bonds. The fraction of sp³-hybridized carbons (Fsp3) is 0. The average molecular weight is 240 g/mol. The average Bonchev–Trinajstić information content (AvgIpc) is 3.10. The normalized spacial score (nSPS) is 13.3. The van der Waals surface area contributed by atoms with Gasteiger partial charge in [-0.3, -0.25) is 0 Å². The van der Waals surface area contributed by atoms with Crippen molar-refractivity contribution in [2.24, 2.45) is 0 Å². The lowest BCUT2D eigenvalue weighted by Gasteiger charge is -2.00. The van der Waals surface area contributed by atoms with Gasteiger partial charge in [0, 0.05) is 16.2 Å². The Kier molecular flexibility index (Phi) is 1.09. The highest BCUT2D eigenvalue weighted by Gasteiger charge is 2.21. The third-order valence-electron chi connectivity index (χ3n) is 4.53. The number of hydrogen-bond donors (Lipinski definition) is 0. The molecular weight excluding hydrogens is 232 g/mol. The molecule has 0 saturated carbocycles. The van der Waals surface area contributed by atoms with Gasteiger partial charge in [0.05, 0.1) is 0 Å². The zero-order valence-corrected chi connectivity index (χ0v) is 10.0. The van der Waals surface area contributed by atoms with E-state index in [9.17, 15) is 0 Å². The molecule has 0 unspecified atom stereocenters. The second kappa shape index (κ2) is 2.43. The molecule has 86 valence electrons. The van der Waals surface area contributed by atoms with Crippen molar-refractivity contribution in [3.05, 3.63) is 59.4 Å². The van der Waals surface area contributed by atoms with E-state index in [1.165, 1.54) is 43.1 Å². The van der Waals surface area contributed by atoms with Crippen LogP contribution in [0.25, 0.3) is 43.1 Å². The van der Waals surface area contributed by atoms with Gasteiger partial charge in [0.1, 0.15) is 0 Å². The summed E-state index contributed by atoms with van der Waals surface area (Å²) in [5.74, 6) is 0. The van der Waals surface area contributed by atoms with Crippen LogP contribution in [0.15, 0.2) is 52.9 Å². The maximum Gasteiger partial charge on any atom is 0.178 e. The smallest absolute Gasteiger partial charge is 0.178 e. The summed E-state index contributed by atoms with van der Waals surface area (Å²) in [6.07, 6.45) is 0. The van der Waals surface area contributed by atoms with Crippen LogP contribution in [0.1, 0.15) is 0 Å². The first kappa shape index (κ1) is 8.54. The molecule has 6 rings (SSSR count). The minimum Gasteiger partial charge on any atom is -0.448 e. The standard InChI is InChI=1S/C18H8O/c1-2-4-10-9(3-1)11-5-7-13-16-14(18-17(13)19-18)8-6-12(10)15(11)16/h1-8H. The Balaban J connectivity index is 2.15. The van der Waals surface area contributed by atoms with Gasteiger partial charge in [-0.2, -0.15) is 0 Å². The first-order chi connectivity index (χ1) is 9.43. The van der Waals surface area contributed by atoms with Crippen LogP contribution in [0.4, 0.5) is 0 Å². The number of benzene rings is 3. The van der Waals surface area contributed by atoms with E-state index in [4.69, 9.17) is 4.42 Å². The quantitative estimate of drug-likeness (QED) is 0.367. The number of hydrogen-bond acceptors (Lipinski definition) is 1. The monoisotopic (exact) mass is 240 g/mol. The summed E-state index contributed by atoms with van der Waals surface area (Å²) >= 11 is 0. The Morgan fingerprint density at radius 2 is 0.947 bits per heavy atom. The molecule has 0 radical (unpaired) electrons. The van der Waals surface area contributed by atoms with Gasteiger partial charge >= 0.3 is 0 Å². The molecule has 0 fully saturated rings. The lowest BCUT2D eigenvalue weighted by molar-refractivity contribution is 0.648. The van der Waals surface area contributed by atoms with Gasteiger partial charge in [0.25, 0.3) is 0 Å². The lowest BCUT2D eigenvalue weighted by Crippen LogP contribution is -1.74. The predicted molar refractivity (Wildman–Crippen MR) is 77.6 cm³/mol. The maximum absolute atomic E-state index is 5.58. The zero-order valence-electron chi connectivity index (χ0n) is 10.0. The molecule has 0 aromatic heterocycles. The SMILES string of the molecule is c1ccc2c(c1)c1ccc3c4oc=4c4ccc2c1c34. The van der Waals surface area contributed by atoms with E-state index in [2.05, 4.69) is 48.5 Å². The molecule has 0 spiro atoms. The maximum atomic E-state index is 5.58. The molecular formula is C18H8O. The van der Waals surface area contributed by atoms with Crippen LogP contribution in [0, 0.1) is 10.8 Å². The Labute approximate surface area is 107 Å². The van der Waals surface area contributed by atoms with Crippen LogP contribution in [0.3, 0.4) is 0 Å². The van der Waals surface area contributed by atoms with Crippen LogP contribution in [0.2, 0.25) is 0 Å². The van der Waals surface area contributed by atoms with E-state index in [0.717, 1.165) is 10.8 Å². The summed E-state index contributed by atoms with van der Waals surface area (Å²) < 4.78 is 5.58. The first-order valence-electron chi connectivity index (χ1n) is 6.56. The molecule has 4 aromatic rings. The van der Waals surface area contributed by atoms with Crippen molar-refractivity contribution >= 4 is 43.1 Å². The van der Waals surface area contributed by atoms with E-state index >= 15 is 0 Å². The Bertz CT molecular complexity index is 1150. The molecule has 19 heavy (non-hydrogen) atoms. The topological polar surface area (TPSA) is 13.1 Å². The zero-order chi connectivity index (χ0) is 12.1.